The van der Waals surface area contributed by atoms with Crippen molar-refractivity contribution in [2.45, 2.75) is 20.3 Å². The summed E-state index contributed by atoms with van der Waals surface area (Å²) < 4.78 is 5.20. The first kappa shape index (κ1) is 20.1. The lowest BCUT2D eigenvalue weighted by atomic mass is 10.1. The Hall–Kier alpha value is -3.19. The second kappa shape index (κ2) is 8.67. The Morgan fingerprint density at radius 2 is 1.87 bits per heavy atom. The van der Waals surface area contributed by atoms with Gasteiger partial charge in [-0.05, 0) is 37.1 Å². The van der Waals surface area contributed by atoms with Gasteiger partial charge >= 0.3 is 0 Å². The lowest BCUT2D eigenvalue weighted by Gasteiger charge is -2.33. The van der Waals surface area contributed by atoms with E-state index in [0.29, 0.717) is 38.5 Å². The Morgan fingerprint density at radius 3 is 2.57 bits per heavy atom. The molecular formula is C23H26N4O3. The SMILES string of the molecule is CCc1nc2ccccc2c(NC(=O)CN2CCN(C(=O)c3ccco3)CC2)c1C. The second-order valence-corrected chi connectivity index (χ2v) is 7.52. The van der Waals surface area contributed by atoms with E-state index in [1.165, 1.54) is 6.26 Å². The van der Waals surface area contributed by atoms with Gasteiger partial charge in [-0.1, -0.05) is 25.1 Å². The minimum Gasteiger partial charge on any atom is -0.459 e. The van der Waals surface area contributed by atoms with Crippen LogP contribution in [0.3, 0.4) is 0 Å². The van der Waals surface area contributed by atoms with Crippen LogP contribution in [-0.4, -0.2) is 59.3 Å². The number of piperazine rings is 1. The number of furan rings is 1. The van der Waals surface area contributed by atoms with Gasteiger partial charge in [0, 0.05) is 37.3 Å². The van der Waals surface area contributed by atoms with Gasteiger partial charge < -0.3 is 14.6 Å². The van der Waals surface area contributed by atoms with Crippen molar-refractivity contribution in [2.75, 3.05) is 38.0 Å². The Morgan fingerprint density at radius 1 is 1.10 bits per heavy atom. The zero-order valence-corrected chi connectivity index (χ0v) is 17.4. The number of hydrogen-bond donors (Lipinski definition) is 1. The van der Waals surface area contributed by atoms with Crippen LogP contribution < -0.4 is 5.32 Å². The minimum absolute atomic E-state index is 0.0534. The molecule has 1 fully saturated rings. The molecule has 7 heteroatoms. The second-order valence-electron chi connectivity index (χ2n) is 7.52. The van der Waals surface area contributed by atoms with E-state index in [1.807, 2.05) is 31.2 Å². The van der Waals surface area contributed by atoms with Crippen molar-refractivity contribution in [2.24, 2.45) is 0 Å². The molecule has 1 aliphatic heterocycles. The maximum absolute atomic E-state index is 12.8. The standard InChI is InChI=1S/C23H26N4O3/c1-3-18-16(2)22(17-7-4-5-8-19(17)24-18)25-21(28)15-26-10-12-27(13-11-26)23(29)20-9-6-14-30-20/h4-9,14H,3,10-13,15H2,1-2H3,(H,24,25,28). The molecule has 0 bridgehead atoms. The lowest BCUT2D eigenvalue weighted by molar-refractivity contribution is -0.117. The van der Waals surface area contributed by atoms with Gasteiger partial charge in [-0.3, -0.25) is 19.5 Å². The van der Waals surface area contributed by atoms with Crippen molar-refractivity contribution in [1.29, 1.82) is 0 Å². The van der Waals surface area contributed by atoms with Crippen molar-refractivity contribution in [3.63, 3.8) is 0 Å². The van der Waals surface area contributed by atoms with Gasteiger partial charge in [-0.25, -0.2) is 0 Å². The molecule has 7 nitrogen and oxygen atoms in total. The fourth-order valence-electron chi connectivity index (χ4n) is 3.91. The summed E-state index contributed by atoms with van der Waals surface area (Å²) in [7, 11) is 0. The number of aryl methyl sites for hydroxylation is 1. The quantitative estimate of drug-likeness (QED) is 0.704. The number of fused-ring (bicyclic) bond motifs is 1. The largest absolute Gasteiger partial charge is 0.459 e. The van der Waals surface area contributed by atoms with Gasteiger partial charge in [0.2, 0.25) is 5.91 Å². The van der Waals surface area contributed by atoms with Crippen LogP contribution in [-0.2, 0) is 11.2 Å². The topological polar surface area (TPSA) is 78.7 Å². The monoisotopic (exact) mass is 406 g/mol. The summed E-state index contributed by atoms with van der Waals surface area (Å²) >= 11 is 0. The Balaban J connectivity index is 1.40. The predicted molar refractivity (Wildman–Crippen MR) is 116 cm³/mol. The van der Waals surface area contributed by atoms with Gasteiger partial charge in [0.25, 0.3) is 5.91 Å². The number of aromatic nitrogens is 1. The van der Waals surface area contributed by atoms with Crippen LogP contribution in [0.2, 0.25) is 0 Å². The maximum Gasteiger partial charge on any atom is 0.289 e. The van der Waals surface area contributed by atoms with Gasteiger partial charge in [0.05, 0.1) is 24.0 Å². The molecular weight excluding hydrogens is 380 g/mol. The Kier molecular flexibility index (Phi) is 5.81. The number of pyridine rings is 1. The number of hydrogen-bond acceptors (Lipinski definition) is 5. The number of amides is 2. The lowest BCUT2D eigenvalue weighted by Crippen LogP contribution is -2.50. The molecule has 3 aromatic rings. The summed E-state index contributed by atoms with van der Waals surface area (Å²) in [6.07, 6.45) is 2.31. The van der Waals surface area contributed by atoms with Crippen LogP contribution in [0.5, 0.6) is 0 Å². The molecule has 1 N–H and O–H groups in total. The minimum atomic E-state index is -0.102. The summed E-state index contributed by atoms with van der Waals surface area (Å²) in [5.74, 6) is 0.199. The molecule has 0 aliphatic carbocycles. The van der Waals surface area contributed by atoms with E-state index in [0.717, 1.165) is 34.3 Å². The van der Waals surface area contributed by atoms with Gasteiger partial charge in [0.15, 0.2) is 5.76 Å². The smallest absolute Gasteiger partial charge is 0.289 e. The van der Waals surface area contributed by atoms with Crippen LogP contribution in [0.4, 0.5) is 5.69 Å². The number of carbonyl (C=O) groups is 2. The first-order valence-corrected chi connectivity index (χ1v) is 10.3. The van der Waals surface area contributed by atoms with Crippen molar-refractivity contribution in [3.05, 3.63) is 59.7 Å². The highest BCUT2D eigenvalue weighted by molar-refractivity contribution is 6.03. The molecule has 156 valence electrons. The van der Waals surface area contributed by atoms with E-state index in [2.05, 4.69) is 17.1 Å². The average Bonchev–Trinajstić information content (AvgIpc) is 3.30. The number of nitrogens with zero attached hydrogens (tertiary/aromatic N) is 3. The van der Waals surface area contributed by atoms with E-state index in [9.17, 15) is 9.59 Å². The van der Waals surface area contributed by atoms with Crippen LogP contribution in [0.1, 0.15) is 28.7 Å². The van der Waals surface area contributed by atoms with E-state index in [-0.39, 0.29) is 11.8 Å². The van der Waals surface area contributed by atoms with E-state index < -0.39 is 0 Å². The summed E-state index contributed by atoms with van der Waals surface area (Å²) in [6, 6.07) is 11.3. The molecule has 2 aromatic heterocycles. The fourth-order valence-corrected chi connectivity index (χ4v) is 3.91. The van der Waals surface area contributed by atoms with Crippen LogP contribution in [0.15, 0.2) is 47.1 Å². The molecule has 1 aliphatic rings. The third kappa shape index (κ3) is 4.07. The fraction of sp³-hybridized carbons (Fsp3) is 0.348. The van der Waals surface area contributed by atoms with Gasteiger partial charge in [-0.15, -0.1) is 0 Å². The van der Waals surface area contributed by atoms with Crippen molar-refractivity contribution >= 4 is 28.4 Å². The maximum atomic E-state index is 12.8. The normalized spacial score (nSPS) is 14.8. The Labute approximate surface area is 175 Å². The van der Waals surface area contributed by atoms with Crippen LogP contribution in [0.25, 0.3) is 10.9 Å². The zero-order chi connectivity index (χ0) is 21.1. The first-order valence-electron chi connectivity index (χ1n) is 10.3. The molecule has 1 aromatic carbocycles. The van der Waals surface area contributed by atoms with Crippen molar-refractivity contribution < 1.29 is 14.0 Å². The molecule has 1 saturated heterocycles. The summed E-state index contributed by atoms with van der Waals surface area (Å²) in [5, 5.41) is 4.07. The average molecular weight is 406 g/mol. The zero-order valence-electron chi connectivity index (χ0n) is 17.4. The highest BCUT2D eigenvalue weighted by Crippen LogP contribution is 2.28. The first-order chi connectivity index (χ1) is 14.6. The van der Waals surface area contributed by atoms with Crippen LogP contribution >= 0.6 is 0 Å². The van der Waals surface area contributed by atoms with E-state index >= 15 is 0 Å². The molecule has 0 atom stereocenters. The van der Waals surface area contributed by atoms with Gasteiger partial charge in [-0.2, -0.15) is 0 Å². The molecule has 0 radical (unpaired) electrons. The number of benzene rings is 1. The number of nitrogens with one attached hydrogen (secondary N) is 1. The molecule has 3 heterocycles. The third-order valence-electron chi connectivity index (χ3n) is 5.59. The molecule has 4 rings (SSSR count). The number of anilines is 1. The molecule has 0 unspecified atom stereocenters. The Bertz CT molecular complexity index is 1050. The molecule has 30 heavy (non-hydrogen) atoms. The number of carbonyl (C=O) groups excluding carboxylic acids is 2. The highest BCUT2D eigenvalue weighted by atomic mass is 16.3. The van der Waals surface area contributed by atoms with Crippen molar-refractivity contribution in [1.82, 2.24) is 14.8 Å². The van der Waals surface area contributed by atoms with E-state index in [1.54, 1.807) is 17.0 Å². The number of para-hydroxylation sites is 1. The van der Waals surface area contributed by atoms with Gasteiger partial charge in [0.1, 0.15) is 0 Å². The predicted octanol–water partition coefficient (Wildman–Crippen LogP) is 3.10. The summed E-state index contributed by atoms with van der Waals surface area (Å²) in [5.41, 5.74) is 3.74. The van der Waals surface area contributed by atoms with Crippen molar-refractivity contribution in [3.8, 4) is 0 Å². The molecule has 0 spiro atoms. The number of rotatable bonds is 5. The van der Waals surface area contributed by atoms with Crippen LogP contribution in [0, 0.1) is 6.92 Å². The third-order valence-corrected chi connectivity index (χ3v) is 5.59. The summed E-state index contributed by atoms with van der Waals surface area (Å²) in [4.78, 5) is 33.7. The molecule has 2 amide bonds. The highest BCUT2D eigenvalue weighted by Gasteiger charge is 2.25. The van der Waals surface area contributed by atoms with E-state index in [4.69, 9.17) is 9.40 Å². The molecule has 0 saturated carbocycles. The summed E-state index contributed by atoms with van der Waals surface area (Å²) in [6.45, 7) is 6.81.